The minimum atomic E-state index is 0.698. The number of benzene rings is 8. The van der Waals surface area contributed by atoms with Gasteiger partial charge in [-0.05, 0) is 102 Å². The molecule has 11 rings (SSSR count). The predicted molar refractivity (Wildman–Crippen MR) is 240 cm³/mol. The Hall–Kier alpha value is -7.21. The first-order valence-corrected chi connectivity index (χ1v) is 19.6. The molecule has 0 aliphatic heterocycles. The van der Waals surface area contributed by atoms with Crippen molar-refractivity contribution in [1.82, 2.24) is 19.1 Å². The van der Waals surface area contributed by atoms with Crippen LogP contribution in [0.2, 0.25) is 0 Å². The topological polar surface area (TPSA) is 35.6 Å². The third-order valence-electron chi connectivity index (χ3n) is 11.0. The van der Waals surface area contributed by atoms with Crippen LogP contribution in [0.25, 0.3) is 100 Å². The molecule has 0 unspecified atom stereocenters. The Balaban J connectivity index is 1.00. The number of hydrogen-bond donors (Lipinski definition) is 1. The zero-order valence-electron chi connectivity index (χ0n) is 30.8. The highest BCUT2D eigenvalue weighted by Crippen LogP contribution is 2.39. The molecule has 4 nitrogen and oxygen atoms in total. The van der Waals surface area contributed by atoms with E-state index in [0.717, 1.165) is 55.4 Å². The van der Waals surface area contributed by atoms with Gasteiger partial charge in [0.15, 0.2) is 5.82 Å². The highest BCUT2D eigenvalue weighted by Gasteiger charge is 2.17. The lowest BCUT2D eigenvalue weighted by Gasteiger charge is -2.11. The van der Waals surface area contributed by atoms with Gasteiger partial charge in [-0.25, -0.2) is 9.97 Å². The lowest BCUT2D eigenvalue weighted by Crippen LogP contribution is -1.97. The van der Waals surface area contributed by atoms with Crippen LogP contribution >= 0.6 is 12.6 Å². The molecule has 0 N–H and O–H groups in total. The van der Waals surface area contributed by atoms with Crippen LogP contribution < -0.4 is 0 Å². The molecule has 0 amide bonds. The molecular formula is C52H34N4S. The molecule has 0 aliphatic rings. The zero-order valence-corrected chi connectivity index (χ0v) is 31.7. The van der Waals surface area contributed by atoms with Gasteiger partial charge in [-0.15, -0.1) is 12.6 Å². The van der Waals surface area contributed by atoms with Gasteiger partial charge < -0.3 is 9.13 Å². The minimum absolute atomic E-state index is 0.698. The normalized spacial score (nSPS) is 11.6. The van der Waals surface area contributed by atoms with E-state index in [1.807, 2.05) is 48.5 Å². The van der Waals surface area contributed by atoms with E-state index in [1.165, 1.54) is 43.7 Å². The highest BCUT2D eigenvalue weighted by molar-refractivity contribution is 7.80. The van der Waals surface area contributed by atoms with Crippen LogP contribution in [0.15, 0.2) is 205 Å². The number of para-hydroxylation sites is 2. The van der Waals surface area contributed by atoms with Crippen molar-refractivity contribution in [3.63, 3.8) is 0 Å². The Morgan fingerprint density at radius 2 is 0.719 bits per heavy atom. The SMILES string of the molecule is Sc1ccc(-n2c3ccccc3c3cc(-c4ccc5c(c4)c4ccccc4n5-c4ccc(-c5nc(-c6ccccc6)cc(-c6ccccc6)n5)cc4)ccc32)cc1. The molecule has 268 valence electrons. The molecule has 0 atom stereocenters. The summed E-state index contributed by atoms with van der Waals surface area (Å²) >= 11 is 4.53. The molecule has 0 bridgehead atoms. The Labute approximate surface area is 335 Å². The first kappa shape index (κ1) is 33.2. The molecule has 0 aliphatic carbocycles. The summed E-state index contributed by atoms with van der Waals surface area (Å²) < 4.78 is 4.71. The maximum absolute atomic E-state index is 5.06. The Bertz CT molecular complexity index is 3220. The second kappa shape index (κ2) is 13.5. The van der Waals surface area contributed by atoms with E-state index in [0.29, 0.717) is 5.82 Å². The van der Waals surface area contributed by atoms with Gasteiger partial charge >= 0.3 is 0 Å². The second-order valence-electron chi connectivity index (χ2n) is 14.4. The monoisotopic (exact) mass is 746 g/mol. The van der Waals surface area contributed by atoms with Gasteiger partial charge in [0.05, 0.1) is 33.5 Å². The summed E-state index contributed by atoms with van der Waals surface area (Å²) in [7, 11) is 0. The summed E-state index contributed by atoms with van der Waals surface area (Å²) in [6.45, 7) is 0. The fourth-order valence-corrected chi connectivity index (χ4v) is 8.46. The molecule has 3 aromatic heterocycles. The molecule has 0 saturated heterocycles. The third-order valence-corrected chi connectivity index (χ3v) is 11.3. The van der Waals surface area contributed by atoms with Crippen molar-refractivity contribution < 1.29 is 0 Å². The molecule has 0 fully saturated rings. The summed E-state index contributed by atoms with van der Waals surface area (Å²) in [4.78, 5) is 11.1. The van der Waals surface area contributed by atoms with Gasteiger partial charge in [-0.3, -0.25) is 0 Å². The molecule has 57 heavy (non-hydrogen) atoms. The first-order chi connectivity index (χ1) is 28.2. The minimum Gasteiger partial charge on any atom is -0.309 e. The largest absolute Gasteiger partial charge is 0.309 e. The summed E-state index contributed by atoms with van der Waals surface area (Å²) in [5.74, 6) is 0.698. The van der Waals surface area contributed by atoms with E-state index < -0.39 is 0 Å². The van der Waals surface area contributed by atoms with Crippen LogP contribution in [0, 0.1) is 0 Å². The number of nitrogens with zero attached hydrogens (tertiary/aromatic N) is 4. The van der Waals surface area contributed by atoms with Crippen molar-refractivity contribution in [2.75, 3.05) is 0 Å². The smallest absolute Gasteiger partial charge is 0.160 e. The summed E-state index contributed by atoms with van der Waals surface area (Å²) in [6.07, 6.45) is 0. The van der Waals surface area contributed by atoms with Crippen LogP contribution in [-0.4, -0.2) is 19.1 Å². The van der Waals surface area contributed by atoms with Crippen molar-refractivity contribution in [3.05, 3.63) is 200 Å². The number of thiol groups is 1. The average Bonchev–Trinajstić information content (AvgIpc) is 3.79. The van der Waals surface area contributed by atoms with Crippen LogP contribution in [-0.2, 0) is 0 Å². The molecule has 11 aromatic rings. The molecule has 3 heterocycles. The van der Waals surface area contributed by atoms with Crippen LogP contribution in [0.4, 0.5) is 0 Å². The van der Waals surface area contributed by atoms with Crippen LogP contribution in [0.5, 0.6) is 0 Å². The molecule has 0 saturated carbocycles. The Morgan fingerprint density at radius 3 is 1.21 bits per heavy atom. The number of aromatic nitrogens is 4. The Kier molecular flexibility index (Phi) is 7.86. The first-order valence-electron chi connectivity index (χ1n) is 19.1. The van der Waals surface area contributed by atoms with Crippen molar-refractivity contribution >= 4 is 56.2 Å². The summed E-state index contributed by atoms with van der Waals surface area (Å²) in [6, 6.07) is 70.8. The van der Waals surface area contributed by atoms with Crippen molar-refractivity contribution in [2.24, 2.45) is 0 Å². The average molecular weight is 747 g/mol. The third kappa shape index (κ3) is 5.71. The molecule has 0 radical (unpaired) electrons. The number of rotatable bonds is 6. The lowest BCUT2D eigenvalue weighted by molar-refractivity contribution is 1.16. The van der Waals surface area contributed by atoms with Crippen molar-refractivity contribution in [3.8, 4) is 56.4 Å². The van der Waals surface area contributed by atoms with E-state index in [9.17, 15) is 0 Å². The van der Waals surface area contributed by atoms with Gasteiger partial charge in [-0.1, -0.05) is 109 Å². The maximum atomic E-state index is 5.06. The lowest BCUT2D eigenvalue weighted by atomic mass is 10.0. The molecular weight excluding hydrogens is 713 g/mol. The van der Waals surface area contributed by atoms with Crippen molar-refractivity contribution in [1.29, 1.82) is 0 Å². The van der Waals surface area contributed by atoms with E-state index >= 15 is 0 Å². The van der Waals surface area contributed by atoms with E-state index in [-0.39, 0.29) is 0 Å². The van der Waals surface area contributed by atoms with Gasteiger partial charge in [-0.2, -0.15) is 0 Å². The second-order valence-corrected chi connectivity index (χ2v) is 14.9. The quantitative estimate of drug-likeness (QED) is 0.172. The molecule has 0 spiro atoms. The highest BCUT2D eigenvalue weighted by atomic mass is 32.1. The standard InChI is InChI=1S/C52H34N4S/c57-41-27-25-40(26-28-41)56-49-18-10-8-16-43(49)45-32-38(22-30-51(45)56)37-21-29-50-44(31-37)42-15-7-9-17-48(42)55(50)39-23-19-36(20-24-39)52-53-46(34-11-3-1-4-12-34)33-47(54-52)35-13-5-2-6-14-35/h1-33,57H. The van der Waals surface area contributed by atoms with Crippen LogP contribution in [0.3, 0.4) is 0 Å². The fraction of sp³-hybridized carbons (Fsp3) is 0. The fourth-order valence-electron chi connectivity index (χ4n) is 8.31. The van der Waals surface area contributed by atoms with E-state index in [4.69, 9.17) is 9.97 Å². The Morgan fingerprint density at radius 1 is 0.316 bits per heavy atom. The number of hydrogen-bond acceptors (Lipinski definition) is 3. The molecule has 5 heteroatoms. The van der Waals surface area contributed by atoms with Gasteiger partial charge in [0.1, 0.15) is 0 Å². The van der Waals surface area contributed by atoms with E-state index in [2.05, 4.69) is 173 Å². The predicted octanol–water partition coefficient (Wildman–Crippen LogP) is 13.6. The summed E-state index contributed by atoms with van der Waals surface area (Å²) in [5, 5.41) is 4.90. The van der Waals surface area contributed by atoms with Gasteiger partial charge in [0.2, 0.25) is 0 Å². The van der Waals surface area contributed by atoms with Gasteiger partial charge in [0, 0.05) is 54.5 Å². The van der Waals surface area contributed by atoms with Gasteiger partial charge in [0.25, 0.3) is 0 Å². The maximum Gasteiger partial charge on any atom is 0.160 e. The summed E-state index contributed by atoms with van der Waals surface area (Å²) in [5.41, 5.74) is 14.2. The number of fused-ring (bicyclic) bond motifs is 6. The van der Waals surface area contributed by atoms with Crippen LogP contribution in [0.1, 0.15) is 0 Å². The zero-order chi connectivity index (χ0) is 37.9. The van der Waals surface area contributed by atoms with E-state index in [1.54, 1.807) is 0 Å². The molecule has 8 aromatic carbocycles. The van der Waals surface area contributed by atoms with Crippen molar-refractivity contribution in [2.45, 2.75) is 4.90 Å².